The van der Waals surface area contributed by atoms with Crippen LogP contribution in [-0.2, 0) is 17.8 Å². The Balaban J connectivity index is 2.36. The molecule has 2 N–H and O–H groups in total. The summed E-state index contributed by atoms with van der Waals surface area (Å²) >= 11 is 0. The lowest BCUT2D eigenvalue weighted by Gasteiger charge is -2.18. The van der Waals surface area contributed by atoms with E-state index in [0.29, 0.717) is 5.56 Å². The number of rotatable bonds is 3. The molecule has 1 amide bonds. The summed E-state index contributed by atoms with van der Waals surface area (Å²) in [5.41, 5.74) is 1.91. The molecule has 2 aromatic rings. The number of carbonyl (C=O) groups excluding carboxylic acids is 1. The Morgan fingerprint density at radius 3 is 2.70 bits per heavy atom. The van der Waals surface area contributed by atoms with E-state index in [2.05, 4.69) is 10.4 Å². The molecule has 0 bridgehead atoms. The third kappa shape index (κ3) is 2.61. The number of aromatic amines is 1. The Labute approximate surface area is 118 Å². The molecule has 20 heavy (non-hydrogen) atoms. The number of pyridine rings is 1. The standard InChI is InChI=1S/C15H21N3O2/c1-5-10-8-11-6-7-17-18(11)13(19)12(10)9-16-14(20)15(2,3)4/h6-8,17H,5,9H2,1-4H3,(H,16,20). The molecule has 2 heterocycles. The number of aryl methyl sites for hydroxylation is 1. The van der Waals surface area contributed by atoms with Crippen molar-refractivity contribution in [3.05, 3.63) is 39.8 Å². The van der Waals surface area contributed by atoms with E-state index in [0.717, 1.165) is 17.5 Å². The second kappa shape index (κ2) is 5.15. The Morgan fingerprint density at radius 1 is 1.40 bits per heavy atom. The predicted octanol–water partition coefficient (Wildman–Crippen LogP) is 1.85. The Kier molecular flexibility index (Phi) is 3.70. The van der Waals surface area contributed by atoms with E-state index in [9.17, 15) is 9.59 Å². The van der Waals surface area contributed by atoms with Gasteiger partial charge in [0.25, 0.3) is 5.56 Å². The first-order chi connectivity index (χ1) is 9.34. The quantitative estimate of drug-likeness (QED) is 0.897. The van der Waals surface area contributed by atoms with Gasteiger partial charge in [0, 0.05) is 23.7 Å². The molecule has 108 valence electrons. The van der Waals surface area contributed by atoms with Gasteiger partial charge in [-0.3, -0.25) is 14.7 Å². The van der Waals surface area contributed by atoms with Crippen molar-refractivity contribution >= 4 is 11.4 Å². The molecule has 0 aliphatic rings. The van der Waals surface area contributed by atoms with Crippen molar-refractivity contribution in [1.82, 2.24) is 14.9 Å². The number of fused-ring (bicyclic) bond motifs is 1. The summed E-state index contributed by atoms with van der Waals surface area (Å²) in [4.78, 5) is 24.3. The number of hydrogen-bond acceptors (Lipinski definition) is 2. The third-order valence-electron chi connectivity index (χ3n) is 3.37. The van der Waals surface area contributed by atoms with Crippen LogP contribution in [0.1, 0.15) is 38.8 Å². The first-order valence-electron chi connectivity index (χ1n) is 6.83. The minimum Gasteiger partial charge on any atom is -0.351 e. The van der Waals surface area contributed by atoms with Crippen molar-refractivity contribution in [2.75, 3.05) is 0 Å². The Hall–Kier alpha value is -2.04. The highest BCUT2D eigenvalue weighted by Crippen LogP contribution is 2.14. The molecule has 0 aliphatic carbocycles. The molecule has 0 radical (unpaired) electrons. The molecule has 0 aliphatic heterocycles. The van der Waals surface area contributed by atoms with Crippen molar-refractivity contribution in [2.45, 2.75) is 40.7 Å². The molecule has 0 spiro atoms. The van der Waals surface area contributed by atoms with Crippen LogP contribution in [0, 0.1) is 5.41 Å². The molecule has 0 atom stereocenters. The highest BCUT2D eigenvalue weighted by molar-refractivity contribution is 5.81. The largest absolute Gasteiger partial charge is 0.351 e. The molecule has 5 nitrogen and oxygen atoms in total. The number of aromatic nitrogens is 2. The van der Waals surface area contributed by atoms with Crippen LogP contribution in [0.3, 0.4) is 0 Å². The second-order valence-electron chi connectivity index (χ2n) is 5.96. The molecule has 0 aromatic carbocycles. The number of amides is 1. The van der Waals surface area contributed by atoms with E-state index >= 15 is 0 Å². The number of nitrogens with one attached hydrogen (secondary N) is 2. The molecule has 2 rings (SSSR count). The van der Waals surface area contributed by atoms with E-state index in [1.807, 2.05) is 39.8 Å². The average Bonchev–Trinajstić information content (AvgIpc) is 2.84. The zero-order valence-corrected chi connectivity index (χ0v) is 12.4. The van der Waals surface area contributed by atoms with Gasteiger partial charge in [-0.05, 0) is 24.1 Å². The van der Waals surface area contributed by atoms with Gasteiger partial charge in [0.2, 0.25) is 5.91 Å². The average molecular weight is 275 g/mol. The molecule has 0 saturated carbocycles. The van der Waals surface area contributed by atoms with Gasteiger partial charge in [0.15, 0.2) is 0 Å². The van der Waals surface area contributed by atoms with E-state index in [1.165, 1.54) is 4.52 Å². The first kappa shape index (κ1) is 14.4. The van der Waals surface area contributed by atoms with Crippen molar-refractivity contribution < 1.29 is 4.79 Å². The summed E-state index contributed by atoms with van der Waals surface area (Å²) < 4.78 is 1.50. The molecule has 5 heteroatoms. The fraction of sp³-hybridized carbons (Fsp3) is 0.467. The number of hydrogen-bond donors (Lipinski definition) is 2. The Morgan fingerprint density at radius 2 is 2.10 bits per heavy atom. The van der Waals surface area contributed by atoms with Crippen LogP contribution in [0.5, 0.6) is 0 Å². The topological polar surface area (TPSA) is 66.4 Å². The molecular formula is C15H21N3O2. The fourth-order valence-electron chi connectivity index (χ4n) is 2.11. The summed E-state index contributed by atoms with van der Waals surface area (Å²) in [7, 11) is 0. The van der Waals surface area contributed by atoms with Crippen LogP contribution < -0.4 is 10.9 Å². The molecule has 0 fully saturated rings. The number of carbonyl (C=O) groups is 1. The highest BCUT2D eigenvalue weighted by atomic mass is 16.2. The van der Waals surface area contributed by atoms with Gasteiger partial charge in [0.05, 0.1) is 5.52 Å². The summed E-state index contributed by atoms with van der Waals surface area (Å²) in [6.45, 7) is 7.82. The second-order valence-corrected chi connectivity index (χ2v) is 5.96. The maximum absolute atomic E-state index is 12.4. The van der Waals surface area contributed by atoms with E-state index in [1.54, 1.807) is 6.20 Å². The van der Waals surface area contributed by atoms with Crippen LogP contribution in [0.15, 0.2) is 23.1 Å². The van der Waals surface area contributed by atoms with Crippen molar-refractivity contribution in [1.29, 1.82) is 0 Å². The Bertz CT molecular complexity index is 689. The van der Waals surface area contributed by atoms with Gasteiger partial charge in [-0.15, -0.1) is 0 Å². The molecule has 2 aromatic heterocycles. The summed E-state index contributed by atoms with van der Waals surface area (Å²) in [5, 5.41) is 5.73. The van der Waals surface area contributed by atoms with Gasteiger partial charge in [-0.25, -0.2) is 4.52 Å². The van der Waals surface area contributed by atoms with Crippen LogP contribution in [0.4, 0.5) is 0 Å². The van der Waals surface area contributed by atoms with Crippen molar-refractivity contribution in [3.63, 3.8) is 0 Å². The van der Waals surface area contributed by atoms with Gasteiger partial charge in [0.1, 0.15) is 0 Å². The van der Waals surface area contributed by atoms with Gasteiger partial charge in [-0.1, -0.05) is 27.7 Å². The zero-order valence-electron chi connectivity index (χ0n) is 12.4. The maximum atomic E-state index is 12.4. The number of nitrogens with zero attached hydrogens (tertiary/aromatic N) is 1. The van der Waals surface area contributed by atoms with Gasteiger partial charge >= 0.3 is 0 Å². The van der Waals surface area contributed by atoms with Crippen LogP contribution in [-0.4, -0.2) is 15.5 Å². The van der Waals surface area contributed by atoms with E-state index < -0.39 is 5.41 Å². The van der Waals surface area contributed by atoms with E-state index in [-0.39, 0.29) is 18.0 Å². The minimum absolute atomic E-state index is 0.0597. The highest BCUT2D eigenvalue weighted by Gasteiger charge is 2.21. The van der Waals surface area contributed by atoms with E-state index in [4.69, 9.17) is 0 Å². The van der Waals surface area contributed by atoms with Crippen LogP contribution in [0.2, 0.25) is 0 Å². The third-order valence-corrected chi connectivity index (χ3v) is 3.37. The number of H-pyrrole nitrogens is 1. The minimum atomic E-state index is -0.459. The molecule has 0 unspecified atom stereocenters. The van der Waals surface area contributed by atoms with Crippen LogP contribution in [0.25, 0.3) is 5.52 Å². The zero-order chi connectivity index (χ0) is 14.9. The summed E-state index contributed by atoms with van der Waals surface area (Å²) in [6, 6.07) is 3.84. The van der Waals surface area contributed by atoms with Crippen molar-refractivity contribution in [3.8, 4) is 0 Å². The SMILES string of the molecule is CCc1cc2cc[nH]n2c(=O)c1CNC(=O)C(C)(C)C. The smallest absolute Gasteiger partial charge is 0.274 e. The lowest BCUT2D eigenvalue weighted by Crippen LogP contribution is -2.36. The normalized spacial score (nSPS) is 11.8. The van der Waals surface area contributed by atoms with Crippen molar-refractivity contribution in [2.24, 2.45) is 5.41 Å². The summed E-state index contributed by atoms with van der Waals surface area (Å²) in [5.74, 6) is -0.0597. The first-order valence-corrected chi connectivity index (χ1v) is 6.83. The fourth-order valence-corrected chi connectivity index (χ4v) is 2.11. The van der Waals surface area contributed by atoms with Gasteiger partial charge in [-0.2, -0.15) is 0 Å². The maximum Gasteiger partial charge on any atom is 0.274 e. The van der Waals surface area contributed by atoms with Crippen LogP contribution >= 0.6 is 0 Å². The monoisotopic (exact) mass is 275 g/mol. The molecule has 0 saturated heterocycles. The predicted molar refractivity (Wildman–Crippen MR) is 78.7 cm³/mol. The molecular weight excluding hydrogens is 254 g/mol. The van der Waals surface area contributed by atoms with Gasteiger partial charge < -0.3 is 5.32 Å². The lowest BCUT2D eigenvalue weighted by molar-refractivity contribution is -0.128. The summed E-state index contributed by atoms with van der Waals surface area (Å²) in [6.07, 6.45) is 2.49. The lowest BCUT2D eigenvalue weighted by atomic mass is 9.95.